The van der Waals surface area contributed by atoms with Crippen LogP contribution in [0.2, 0.25) is 0 Å². The number of fused-ring (bicyclic) bond motifs is 1. The molecule has 1 heterocycles. The first kappa shape index (κ1) is 10.3. The number of nitrogens with two attached hydrogens (primary N) is 1. The van der Waals surface area contributed by atoms with Gasteiger partial charge in [-0.15, -0.1) is 0 Å². The third-order valence-corrected chi connectivity index (χ3v) is 3.43. The molecule has 86 valence electrons. The number of rotatable bonds is 1. The minimum Gasteiger partial charge on any atom is -0.397 e. The summed E-state index contributed by atoms with van der Waals surface area (Å²) in [6.07, 6.45) is 6.79. The molecule has 0 fully saturated rings. The molecule has 0 bridgehead atoms. The number of aryl methyl sites for hydroxylation is 2. The van der Waals surface area contributed by atoms with Crippen LogP contribution in [-0.2, 0) is 12.8 Å². The zero-order valence-corrected chi connectivity index (χ0v) is 9.82. The summed E-state index contributed by atoms with van der Waals surface area (Å²) >= 11 is 0. The van der Waals surface area contributed by atoms with E-state index in [0.717, 1.165) is 5.69 Å². The molecule has 0 aliphatic heterocycles. The molecule has 1 aromatic carbocycles. The van der Waals surface area contributed by atoms with Gasteiger partial charge >= 0.3 is 0 Å². The zero-order valence-electron chi connectivity index (χ0n) is 9.82. The summed E-state index contributed by atoms with van der Waals surface area (Å²) in [4.78, 5) is 4.37. The van der Waals surface area contributed by atoms with E-state index in [4.69, 9.17) is 5.73 Å². The van der Waals surface area contributed by atoms with E-state index in [-0.39, 0.29) is 0 Å². The number of hydrogen-bond acceptors (Lipinski definition) is 2. The Hall–Kier alpha value is -1.83. The van der Waals surface area contributed by atoms with Crippen molar-refractivity contribution in [1.82, 2.24) is 4.98 Å². The number of pyridine rings is 1. The molecule has 2 aromatic rings. The van der Waals surface area contributed by atoms with Gasteiger partial charge in [-0.05, 0) is 55.0 Å². The van der Waals surface area contributed by atoms with E-state index < -0.39 is 0 Å². The lowest BCUT2D eigenvalue weighted by molar-refractivity contribution is 0.686. The fourth-order valence-electron chi connectivity index (χ4n) is 2.47. The first-order chi connectivity index (χ1) is 8.33. The van der Waals surface area contributed by atoms with Crippen molar-refractivity contribution >= 4 is 5.69 Å². The van der Waals surface area contributed by atoms with Crippen LogP contribution in [0.25, 0.3) is 11.3 Å². The van der Waals surface area contributed by atoms with E-state index in [1.165, 1.54) is 42.4 Å². The lowest BCUT2D eigenvalue weighted by atomic mass is 9.90. The van der Waals surface area contributed by atoms with E-state index >= 15 is 0 Å². The van der Waals surface area contributed by atoms with Gasteiger partial charge in [-0.1, -0.05) is 12.1 Å². The maximum atomic E-state index is 5.65. The lowest BCUT2D eigenvalue weighted by Gasteiger charge is -2.16. The molecule has 0 atom stereocenters. The van der Waals surface area contributed by atoms with Gasteiger partial charge in [0.25, 0.3) is 0 Å². The quantitative estimate of drug-likeness (QED) is 0.807. The summed E-state index contributed by atoms with van der Waals surface area (Å²) in [5, 5.41) is 0. The Bertz CT molecular complexity index is 529. The smallest absolute Gasteiger partial charge is 0.0703 e. The first-order valence-electron chi connectivity index (χ1n) is 6.16. The van der Waals surface area contributed by atoms with Crippen molar-refractivity contribution in [3.63, 3.8) is 0 Å². The van der Waals surface area contributed by atoms with Crippen molar-refractivity contribution in [2.75, 3.05) is 5.73 Å². The van der Waals surface area contributed by atoms with Crippen LogP contribution in [0.3, 0.4) is 0 Å². The third-order valence-electron chi connectivity index (χ3n) is 3.43. The van der Waals surface area contributed by atoms with Crippen LogP contribution in [0.1, 0.15) is 24.0 Å². The summed E-state index contributed by atoms with van der Waals surface area (Å²) in [6, 6.07) is 10.6. The van der Waals surface area contributed by atoms with Crippen LogP contribution < -0.4 is 5.73 Å². The Balaban J connectivity index is 2.01. The molecule has 1 aromatic heterocycles. The van der Waals surface area contributed by atoms with Crippen molar-refractivity contribution in [2.45, 2.75) is 25.7 Å². The number of hydrogen-bond donors (Lipinski definition) is 1. The van der Waals surface area contributed by atoms with Crippen molar-refractivity contribution in [2.24, 2.45) is 0 Å². The highest BCUT2D eigenvalue weighted by Crippen LogP contribution is 2.26. The zero-order chi connectivity index (χ0) is 11.7. The summed E-state index contributed by atoms with van der Waals surface area (Å²) in [5.74, 6) is 0. The van der Waals surface area contributed by atoms with Gasteiger partial charge < -0.3 is 5.73 Å². The molecule has 0 saturated heterocycles. The van der Waals surface area contributed by atoms with Gasteiger partial charge in [0.05, 0.1) is 17.6 Å². The van der Waals surface area contributed by atoms with E-state index in [1.807, 2.05) is 12.1 Å². The molecule has 0 radical (unpaired) electrons. The molecule has 1 aliphatic rings. The SMILES string of the molecule is Nc1ccc(-c2ccc3c(c2)CCCC3)nc1. The predicted molar refractivity (Wildman–Crippen MR) is 70.7 cm³/mol. The van der Waals surface area contributed by atoms with Crippen LogP contribution in [0.5, 0.6) is 0 Å². The largest absolute Gasteiger partial charge is 0.397 e. The molecule has 2 heteroatoms. The Morgan fingerprint density at radius 3 is 2.53 bits per heavy atom. The van der Waals surface area contributed by atoms with Crippen LogP contribution >= 0.6 is 0 Å². The maximum absolute atomic E-state index is 5.65. The molecule has 1 aliphatic carbocycles. The monoisotopic (exact) mass is 224 g/mol. The van der Waals surface area contributed by atoms with Gasteiger partial charge in [0.1, 0.15) is 0 Å². The number of anilines is 1. The van der Waals surface area contributed by atoms with Gasteiger partial charge in [0.15, 0.2) is 0 Å². The highest BCUT2D eigenvalue weighted by atomic mass is 14.7. The Labute approximate surface area is 102 Å². The van der Waals surface area contributed by atoms with Gasteiger partial charge in [-0.2, -0.15) is 0 Å². The molecule has 3 rings (SSSR count). The molecule has 0 saturated carbocycles. The molecule has 17 heavy (non-hydrogen) atoms. The Morgan fingerprint density at radius 2 is 1.76 bits per heavy atom. The van der Waals surface area contributed by atoms with Crippen LogP contribution in [0, 0.1) is 0 Å². The fourth-order valence-corrected chi connectivity index (χ4v) is 2.47. The Morgan fingerprint density at radius 1 is 0.941 bits per heavy atom. The van der Waals surface area contributed by atoms with Crippen LogP contribution in [0.15, 0.2) is 36.5 Å². The topological polar surface area (TPSA) is 38.9 Å². The van der Waals surface area contributed by atoms with Crippen LogP contribution in [0.4, 0.5) is 5.69 Å². The molecular formula is C15H16N2. The Kier molecular flexibility index (Phi) is 2.56. The molecule has 2 nitrogen and oxygen atoms in total. The van der Waals surface area contributed by atoms with Crippen LogP contribution in [-0.4, -0.2) is 4.98 Å². The molecular weight excluding hydrogens is 208 g/mol. The van der Waals surface area contributed by atoms with Crippen molar-refractivity contribution in [3.05, 3.63) is 47.7 Å². The minimum absolute atomic E-state index is 0.715. The van der Waals surface area contributed by atoms with E-state index in [2.05, 4.69) is 23.2 Å². The average Bonchev–Trinajstić information content (AvgIpc) is 2.39. The molecule has 0 unspecified atom stereocenters. The predicted octanol–water partition coefficient (Wildman–Crippen LogP) is 3.21. The standard InChI is InChI=1S/C15H16N2/c16-14-7-8-15(17-10-14)13-6-5-11-3-1-2-4-12(11)9-13/h5-10H,1-4,16H2. The minimum atomic E-state index is 0.715. The fraction of sp³-hybridized carbons (Fsp3) is 0.267. The summed E-state index contributed by atoms with van der Waals surface area (Å²) in [6.45, 7) is 0. The van der Waals surface area contributed by atoms with Gasteiger partial charge in [-0.25, -0.2) is 0 Å². The number of nitrogen functional groups attached to an aromatic ring is 1. The van der Waals surface area contributed by atoms with Gasteiger partial charge in [-0.3, -0.25) is 4.98 Å². The number of aromatic nitrogens is 1. The number of benzene rings is 1. The van der Waals surface area contributed by atoms with E-state index in [1.54, 1.807) is 6.20 Å². The van der Waals surface area contributed by atoms with Crippen molar-refractivity contribution < 1.29 is 0 Å². The van der Waals surface area contributed by atoms with E-state index in [0.29, 0.717) is 5.69 Å². The van der Waals surface area contributed by atoms with Crippen molar-refractivity contribution in [3.8, 4) is 11.3 Å². The molecule has 0 amide bonds. The lowest BCUT2D eigenvalue weighted by Crippen LogP contribution is -2.02. The summed E-state index contributed by atoms with van der Waals surface area (Å²) < 4.78 is 0. The summed E-state index contributed by atoms with van der Waals surface area (Å²) in [5.41, 5.74) is 11.6. The number of nitrogens with zero attached hydrogens (tertiary/aromatic N) is 1. The van der Waals surface area contributed by atoms with Gasteiger partial charge in [0, 0.05) is 5.56 Å². The highest BCUT2D eigenvalue weighted by Gasteiger charge is 2.10. The molecule has 0 spiro atoms. The maximum Gasteiger partial charge on any atom is 0.0703 e. The molecule has 2 N–H and O–H groups in total. The first-order valence-corrected chi connectivity index (χ1v) is 6.16. The van der Waals surface area contributed by atoms with Crippen molar-refractivity contribution in [1.29, 1.82) is 0 Å². The van der Waals surface area contributed by atoms with E-state index in [9.17, 15) is 0 Å². The summed E-state index contributed by atoms with van der Waals surface area (Å²) in [7, 11) is 0. The highest BCUT2D eigenvalue weighted by molar-refractivity contribution is 5.62. The van der Waals surface area contributed by atoms with Gasteiger partial charge in [0.2, 0.25) is 0 Å². The third kappa shape index (κ3) is 2.03. The normalized spacial score (nSPS) is 14.4. The second-order valence-electron chi connectivity index (χ2n) is 4.67. The average molecular weight is 224 g/mol. The second-order valence-corrected chi connectivity index (χ2v) is 4.67. The second kappa shape index (κ2) is 4.21.